The van der Waals surface area contributed by atoms with E-state index in [-0.39, 0.29) is 17.4 Å². The molecule has 0 aliphatic carbocycles. The molecule has 0 radical (unpaired) electrons. The maximum absolute atomic E-state index is 12.8. The number of amides is 1. The number of nitrogens with one attached hydrogen (secondary N) is 1. The normalized spacial score (nSPS) is 15.8. The van der Waals surface area contributed by atoms with E-state index in [0.717, 1.165) is 31.4 Å². The first-order chi connectivity index (χ1) is 16.1. The SMILES string of the molecule is CCc1ccc(CNC(=O)[C@H]2CCCN(c3ccc(=O)n(-c4ccc(OC)cc4)n3)C2)cc1. The van der Waals surface area contributed by atoms with Gasteiger partial charge in [-0.05, 0) is 60.7 Å². The van der Waals surface area contributed by atoms with Crippen molar-refractivity contribution >= 4 is 11.7 Å². The topological polar surface area (TPSA) is 76.5 Å². The van der Waals surface area contributed by atoms with Crippen molar-refractivity contribution in [2.45, 2.75) is 32.7 Å². The fraction of sp³-hybridized carbons (Fsp3) is 0.346. The van der Waals surface area contributed by atoms with Crippen molar-refractivity contribution in [1.82, 2.24) is 15.1 Å². The molecule has 0 unspecified atom stereocenters. The van der Waals surface area contributed by atoms with Gasteiger partial charge in [0.25, 0.3) is 5.56 Å². The van der Waals surface area contributed by atoms with E-state index < -0.39 is 0 Å². The Morgan fingerprint density at radius 2 is 1.79 bits per heavy atom. The number of aromatic nitrogens is 2. The lowest BCUT2D eigenvalue weighted by molar-refractivity contribution is -0.125. The fourth-order valence-electron chi connectivity index (χ4n) is 4.10. The Labute approximate surface area is 194 Å². The molecule has 1 amide bonds. The van der Waals surface area contributed by atoms with Crippen LogP contribution < -0.4 is 20.5 Å². The van der Waals surface area contributed by atoms with E-state index in [0.29, 0.717) is 30.3 Å². The summed E-state index contributed by atoms with van der Waals surface area (Å²) in [6, 6.07) is 18.8. The van der Waals surface area contributed by atoms with Crippen LogP contribution in [-0.4, -0.2) is 35.9 Å². The summed E-state index contributed by atoms with van der Waals surface area (Å²) in [6.07, 6.45) is 2.74. The lowest BCUT2D eigenvalue weighted by Crippen LogP contribution is -2.43. The number of carbonyl (C=O) groups excluding carboxylic acids is 1. The van der Waals surface area contributed by atoms with E-state index in [1.165, 1.54) is 16.3 Å². The van der Waals surface area contributed by atoms with Gasteiger partial charge < -0.3 is 15.0 Å². The van der Waals surface area contributed by atoms with Crippen LogP contribution in [-0.2, 0) is 17.8 Å². The van der Waals surface area contributed by atoms with Crippen LogP contribution in [0.5, 0.6) is 5.75 Å². The third-order valence-electron chi connectivity index (χ3n) is 6.12. The summed E-state index contributed by atoms with van der Waals surface area (Å²) in [5, 5.41) is 7.67. The molecular weight excluding hydrogens is 416 g/mol. The van der Waals surface area contributed by atoms with Crippen LogP contribution in [0, 0.1) is 5.92 Å². The molecule has 1 aromatic heterocycles. The number of aryl methyl sites for hydroxylation is 1. The van der Waals surface area contributed by atoms with Gasteiger partial charge in [0.1, 0.15) is 11.6 Å². The van der Waals surface area contributed by atoms with Gasteiger partial charge in [0.15, 0.2) is 0 Å². The predicted octanol–water partition coefficient (Wildman–Crippen LogP) is 3.34. The van der Waals surface area contributed by atoms with Crippen LogP contribution in [0.4, 0.5) is 5.82 Å². The van der Waals surface area contributed by atoms with Gasteiger partial charge in [0.2, 0.25) is 5.91 Å². The van der Waals surface area contributed by atoms with E-state index in [9.17, 15) is 9.59 Å². The molecule has 2 heterocycles. The minimum absolute atomic E-state index is 0.0581. The van der Waals surface area contributed by atoms with Gasteiger partial charge in [-0.1, -0.05) is 31.2 Å². The van der Waals surface area contributed by atoms with Crippen LogP contribution in [0.3, 0.4) is 0 Å². The molecule has 3 aromatic rings. The monoisotopic (exact) mass is 446 g/mol. The minimum atomic E-state index is -0.204. The first-order valence-electron chi connectivity index (χ1n) is 11.4. The Kier molecular flexibility index (Phi) is 7.07. The van der Waals surface area contributed by atoms with Gasteiger partial charge in [-0.25, -0.2) is 0 Å². The van der Waals surface area contributed by atoms with Gasteiger partial charge in [0.05, 0.1) is 18.7 Å². The molecule has 1 fully saturated rings. The molecular formula is C26H30N4O3. The highest BCUT2D eigenvalue weighted by molar-refractivity contribution is 5.79. The fourth-order valence-corrected chi connectivity index (χ4v) is 4.10. The highest BCUT2D eigenvalue weighted by atomic mass is 16.5. The Morgan fingerprint density at radius 3 is 2.48 bits per heavy atom. The zero-order valence-electron chi connectivity index (χ0n) is 19.2. The molecule has 0 spiro atoms. The van der Waals surface area contributed by atoms with E-state index >= 15 is 0 Å². The van der Waals surface area contributed by atoms with Gasteiger partial charge >= 0.3 is 0 Å². The molecule has 1 aliphatic heterocycles. The molecule has 1 saturated heterocycles. The van der Waals surface area contributed by atoms with E-state index in [1.807, 2.05) is 0 Å². The summed E-state index contributed by atoms with van der Waals surface area (Å²) in [6.45, 7) is 4.04. The number of hydrogen-bond donors (Lipinski definition) is 1. The van der Waals surface area contributed by atoms with Crippen LogP contribution in [0.2, 0.25) is 0 Å². The van der Waals surface area contributed by atoms with E-state index in [1.54, 1.807) is 37.4 Å². The summed E-state index contributed by atoms with van der Waals surface area (Å²) >= 11 is 0. The number of anilines is 1. The standard InChI is InChI=1S/C26H30N4O3/c1-3-19-6-8-20(9-7-19)17-27-26(32)21-5-4-16-29(18-21)24-14-15-25(31)30(28-24)22-10-12-23(33-2)13-11-22/h6-15,21H,3-5,16-18H2,1-2H3,(H,27,32)/t21-/m0/s1. The minimum Gasteiger partial charge on any atom is -0.497 e. The van der Waals surface area contributed by atoms with Gasteiger partial charge in [-0.3, -0.25) is 9.59 Å². The zero-order chi connectivity index (χ0) is 23.2. The lowest BCUT2D eigenvalue weighted by Gasteiger charge is -2.33. The first-order valence-corrected chi connectivity index (χ1v) is 11.4. The number of methoxy groups -OCH3 is 1. The van der Waals surface area contributed by atoms with Gasteiger partial charge in [-0.15, -0.1) is 5.10 Å². The Bertz CT molecular complexity index is 1140. The summed E-state index contributed by atoms with van der Waals surface area (Å²) in [4.78, 5) is 27.4. The zero-order valence-corrected chi connectivity index (χ0v) is 19.2. The molecule has 1 atom stereocenters. The summed E-state index contributed by atoms with van der Waals surface area (Å²) in [7, 11) is 1.60. The van der Waals surface area contributed by atoms with Crippen LogP contribution in [0.1, 0.15) is 30.9 Å². The molecule has 4 rings (SSSR count). The van der Waals surface area contributed by atoms with Crippen molar-refractivity contribution in [2.75, 3.05) is 25.1 Å². The Balaban J connectivity index is 1.43. The van der Waals surface area contributed by atoms with Crippen molar-refractivity contribution in [3.8, 4) is 11.4 Å². The molecule has 7 heteroatoms. The third-order valence-corrected chi connectivity index (χ3v) is 6.12. The predicted molar refractivity (Wildman–Crippen MR) is 129 cm³/mol. The average molecular weight is 447 g/mol. The first kappa shape index (κ1) is 22.6. The van der Waals surface area contributed by atoms with Crippen molar-refractivity contribution in [2.24, 2.45) is 5.92 Å². The third kappa shape index (κ3) is 5.42. The second kappa shape index (κ2) is 10.3. The molecule has 33 heavy (non-hydrogen) atoms. The molecule has 2 aromatic carbocycles. The van der Waals surface area contributed by atoms with Crippen molar-refractivity contribution < 1.29 is 9.53 Å². The van der Waals surface area contributed by atoms with Gasteiger partial charge in [0, 0.05) is 25.7 Å². The number of nitrogens with zero attached hydrogens (tertiary/aromatic N) is 3. The largest absolute Gasteiger partial charge is 0.497 e. The molecule has 7 nitrogen and oxygen atoms in total. The van der Waals surface area contributed by atoms with Crippen LogP contribution in [0.15, 0.2) is 65.5 Å². The summed E-state index contributed by atoms with van der Waals surface area (Å²) in [5.41, 5.74) is 2.85. The summed E-state index contributed by atoms with van der Waals surface area (Å²) in [5.74, 6) is 1.35. The Morgan fingerprint density at radius 1 is 1.06 bits per heavy atom. The second-order valence-corrected chi connectivity index (χ2v) is 8.31. The van der Waals surface area contributed by atoms with Gasteiger partial charge in [-0.2, -0.15) is 4.68 Å². The number of ether oxygens (including phenoxy) is 1. The second-order valence-electron chi connectivity index (χ2n) is 8.31. The number of rotatable bonds is 7. The highest BCUT2D eigenvalue weighted by Crippen LogP contribution is 2.22. The molecule has 1 N–H and O–H groups in total. The molecule has 0 saturated carbocycles. The molecule has 172 valence electrons. The van der Waals surface area contributed by atoms with Crippen molar-refractivity contribution in [3.63, 3.8) is 0 Å². The average Bonchev–Trinajstić information content (AvgIpc) is 2.88. The smallest absolute Gasteiger partial charge is 0.271 e. The number of hydrogen-bond acceptors (Lipinski definition) is 5. The highest BCUT2D eigenvalue weighted by Gasteiger charge is 2.26. The molecule has 0 bridgehead atoms. The maximum atomic E-state index is 12.8. The van der Waals surface area contributed by atoms with Crippen molar-refractivity contribution in [1.29, 1.82) is 0 Å². The number of carbonyl (C=O) groups is 1. The van der Waals surface area contributed by atoms with E-state index in [4.69, 9.17) is 4.74 Å². The quantitative estimate of drug-likeness (QED) is 0.602. The molecule has 1 aliphatic rings. The lowest BCUT2D eigenvalue weighted by atomic mass is 9.97. The summed E-state index contributed by atoms with van der Waals surface area (Å²) < 4.78 is 6.58. The number of piperidine rings is 1. The Hall–Kier alpha value is -3.61. The van der Waals surface area contributed by atoms with Crippen LogP contribution in [0.25, 0.3) is 5.69 Å². The van der Waals surface area contributed by atoms with Crippen LogP contribution >= 0.6 is 0 Å². The van der Waals surface area contributed by atoms with E-state index in [2.05, 4.69) is 46.5 Å². The maximum Gasteiger partial charge on any atom is 0.271 e. The number of benzene rings is 2. The van der Waals surface area contributed by atoms with Crippen molar-refractivity contribution in [3.05, 3.63) is 82.1 Å².